The molecule has 5 fully saturated rings. The first-order chi connectivity index (χ1) is 10.7. The third-order valence-electron chi connectivity index (χ3n) is 9.16. The summed E-state index contributed by atoms with van der Waals surface area (Å²) >= 11 is 0. The fourth-order valence-corrected chi connectivity index (χ4v) is 8.28. The first kappa shape index (κ1) is 14.3. The van der Waals surface area contributed by atoms with Crippen LogP contribution in [0.25, 0.3) is 0 Å². The van der Waals surface area contributed by atoms with E-state index in [9.17, 15) is 0 Å². The Bertz CT molecular complexity index is 441. The van der Waals surface area contributed by atoms with Gasteiger partial charge in [0.15, 0.2) is 0 Å². The Labute approximate surface area is 137 Å². The average Bonchev–Trinajstić information content (AvgIpc) is 3.00. The fraction of sp³-hybridized carbons (Fsp3) is 1.00. The van der Waals surface area contributed by atoms with Gasteiger partial charge in [-0.2, -0.15) is 0 Å². The summed E-state index contributed by atoms with van der Waals surface area (Å²) in [6.07, 6.45) is 15.3. The molecule has 4 aliphatic carbocycles. The summed E-state index contributed by atoms with van der Waals surface area (Å²) in [6.45, 7) is 5.28. The molecule has 1 heteroatoms. The molecule has 1 nitrogen and oxygen atoms in total. The molecule has 1 saturated heterocycles. The Kier molecular flexibility index (Phi) is 3.24. The van der Waals surface area contributed by atoms with Crippen molar-refractivity contribution in [2.24, 2.45) is 40.9 Å². The minimum Gasteiger partial charge on any atom is -0.311 e. The molecular formula is C21H35N. The van der Waals surface area contributed by atoms with Gasteiger partial charge in [0.2, 0.25) is 0 Å². The predicted molar refractivity (Wildman–Crippen MR) is 91.6 cm³/mol. The quantitative estimate of drug-likeness (QED) is 0.663. The highest BCUT2D eigenvalue weighted by Gasteiger charge is 2.60. The largest absolute Gasteiger partial charge is 0.311 e. The van der Waals surface area contributed by atoms with E-state index in [2.05, 4.69) is 19.2 Å². The minimum absolute atomic E-state index is 0.621. The van der Waals surface area contributed by atoms with Crippen LogP contribution in [-0.2, 0) is 0 Å². The molecule has 8 unspecified atom stereocenters. The lowest BCUT2D eigenvalue weighted by Gasteiger charge is -2.42. The van der Waals surface area contributed by atoms with E-state index in [1.54, 1.807) is 19.3 Å². The molecule has 8 atom stereocenters. The first-order valence-electron chi connectivity index (χ1n) is 10.4. The summed E-state index contributed by atoms with van der Waals surface area (Å²) in [5, 5.41) is 4.13. The zero-order valence-corrected chi connectivity index (χ0v) is 14.7. The maximum absolute atomic E-state index is 4.13. The van der Waals surface area contributed by atoms with Gasteiger partial charge >= 0.3 is 0 Å². The molecule has 1 aliphatic heterocycles. The van der Waals surface area contributed by atoms with Crippen LogP contribution in [0.2, 0.25) is 0 Å². The molecule has 5 rings (SSSR count). The highest BCUT2D eigenvalue weighted by molar-refractivity contribution is 5.11. The standard InChI is InChI=1S/C21H35N/c1-21(2)17-9-5-3-7-13(17)15-11-16-14-8-4-6-10-19(14)22-20(16)12-18(15)21/h13-20,22H,3-12H2,1-2H3. The molecule has 124 valence electrons. The van der Waals surface area contributed by atoms with Gasteiger partial charge in [-0.25, -0.2) is 0 Å². The number of hydrogen-bond donors (Lipinski definition) is 1. The molecule has 0 aromatic carbocycles. The van der Waals surface area contributed by atoms with Crippen molar-refractivity contribution >= 4 is 0 Å². The first-order valence-corrected chi connectivity index (χ1v) is 10.4. The molecule has 1 heterocycles. The number of nitrogens with one attached hydrogen (secondary N) is 1. The van der Waals surface area contributed by atoms with E-state index in [-0.39, 0.29) is 0 Å². The summed E-state index contributed by atoms with van der Waals surface area (Å²) < 4.78 is 0. The Morgan fingerprint density at radius 1 is 0.636 bits per heavy atom. The van der Waals surface area contributed by atoms with Crippen molar-refractivity contribution in [3.05, 3.63) is 0 Å². The molecule has 0 amide bonds. The van der Waals surface area contributed by atoms with Crippen LogP contribution in [0.4, 0.5) is 0 Å². The SMILES string of the molecule is CC1(C)C2CCCCC2C2CC3C(CC21)NC1CCCCC13. The third-order valence-corrected chi connectivity index (χ3v) is 9.16. The summed E-state index contributed by atoms with van der Waals surface area (Å²) in [4.78, 5) is 0. The Hall–Kier alpha value is -0.0400. The van der Waals surface area contributed by atoms with Gasteiger partial charge in [-0.15, -0.1) is 0 Å². The molecule has 1 N–H and O–H groups in total. The van der Waals surface area contributed by atoms with Crippen molar-refractivity contribution in [2.75, 3.05) is 0 Å². The van der Waals surface area contributed by atoms with Gasteiger partial charge in [-0.3, -0.25) is 0 Å². The van der Waals surface area contributed by atoms with Crippen LogP contribution in [0.15, 0.2) is 0 Å². The predicted octanol–water partition coefficient (Wildman–Crippen LogP) is 5.01. The molecule has 0 bridgehead atoms. The fourth-order valence-electron chi connectivity index (χ4n) is 8.28. The highest BCUT2D eigenvalue weighted by Crippen LogP contribution is 2.65. The molecule has 4 saturated carbocycles. The van der Waals surface area contributed by atoms with Gasteiger partial charge in [-0.05, 0) is 79.4 Å². The maximum Gasteiger partial charge on any atom is 0.0104 e. The zero-order valence-electron chi connectivity index (χ0n) is 14.7. The van der Waals surface area contributed by atoms with Crippen molar-refractivity contribution in [3.8, 4) is 0 Å². The topological polar surface area (TPSA) is 12.0 Å². The smallest absolute Gasteiger partial charge is 0.0104 e. The summed E-state index contributed by atoms with van der Waals surface area (Å²) in [5.74, 6) is 6.35. The average molecular weight is 302 g/mol. The van der Waals surface area contributed by atoms with Crippen LogP contribution in [-0.4, -0.2) is 12.1 Å². The van der Waals surface area contributed by atoms with Gasteiger partial charge in [0.05, 0.1) is 0 Å². The second kappa shape index (κ2) is 4.98. The van der Waals surface area contributed by atoms with Crippen LogP contribution in [0, 0.1) is 40.9 Å². The Morgan fingerprint density at radius 2 is 1.36 bits per heavy atom. The molecule has 5 aliphatic rings. The van der Waals surface area contributed by atoms with Crippen LogP contribution >= 0.6 is 0 Å². The van der Waals surface area contributed by atoms with Gasteiger partial charge in [-0.1, -0.05) is 39.5 Å². The second-order valence-corrected chi connectivity index (χ2v) is 10.1. The lowest BCUT2D eigenvalue weighted by molar-refractivity contribution is 0.0846. The van der Waals surface area contributed by atoms with E-state index in [4.69, 9.17) is 0 Å². The van der Waals surface area contributed by atoms with E-state index >= 15 is 0 Å². The Balaban J connectivity index is 1.43. The van der Waals surface area contributed by atoms with Crippen molar-refractivity contribution in [2.45, 2.75) is 90.1 Å². The number of rotatable bonds is 0. The van der Waals surface area contributed by atoms with E-state index < -0.39 is 0 Å². The number of hydrogen-bond acceptors (Lipinski definition) is 1. The van der Waals surface area contributed by atoms with Crippen LogP contribution in [0.3, 0.4) is 0 Å². The molecule has 0 aromatic heterocycles. The van der Waals surface area contributed by atoms with E-state index in [1.807, 2.05) is 0 Å². The van der Waals surface area contributed by atoms with Gasteiger partial charge in [0, 0.05) is 12.1 Å². The molecule has 0 spiro atoms. The van der Waals surface area contributed by atoms with Crippen molar-refractivity contribution < 1.29 is 0 Å². The van der Waals surface area contributed by atoms with Crippen molar-refractivity contribution in [1.82, 2.24) is 5.32 Å². The zero-order chi connectivity index (χ0) is 14.9. The second-order valence-electron chi connectivity index (χ2n) is 10.1. The molecular weight excluding hydrogens is 266 g/mol. The van der Waals surface area contributed by atoms with E-state index in [1.165, 1.54) is 44.9 Å². The molecule has 22 heavy (non-hydrogen) atoms. The Morgan fingerprint density at radius 3 is 2.23 bits per heavy atom. The summed E-state index contributed by atoms with van der Waals surface area (Å²) in [6, 6.07) is 1.78. The minimum atomic E-state index is 0.621. The van der Waals surface area contributed by atoms with Gasteiger partial charge in [0.25, 0.3) is 0 Å². The van der Waals surface area contributed by atoms with E-state index in [0.29, 0.717) is 5.41 Å². The lowest BCUT2D eigenvalue weighted by Crippen LogP contribution is -2.42. The van der Waals surface area contributed by atoms with Crippen LogP contribution in [0.5, 0.6) is 0 Å². The molecule has 0 aromatic rings. The van der Waals surface area contributed by atoms with E-state index in [0.717, 1.165) is 47.6 Å². The van der Waals surface area contributed by atoms with Crippen molar-refractivity contribution in [1.29, 1.82) is 0 Å². The number of fused-ring (bicyclic) bond motifs is 6. The van der Waals surface area contributed by atoms with Gasteiger partial charge < -0.3 is 5.32 Å². The third kappa shape index (κ3) is 1.87. The maximum atomic E-state index is 4.13. The highest BCUT2D eigenvalue weighted by atomic mass is 15.0. The lowest BCUT2D eigenvalue weighted by atomic mass is 9.63. The summed E-state index contributed by atoms with van der Waals surface area (Å²) in [5.41, 5.74) is 0.621. The van der Waals surface area contributed by atoms with Crippen LogP contribution < -0.4 is 5.32 Å². The van der Waals surface area contributed by atoms with Crippen LogP contribution in [0.1, 0.15) is 78.1 Å². The summed E-state index contributed by atoms with van der Waals surface area (Å²) in [7, 11) is 0. The van der Waals surface area contributed by atoms with Gasteiger partial charge in [0.1, 0.15) is 0 Å². The van der Waals surface area contributed by atoms with Crippen molar-refractivity contribution in [3.63, 3.8) is 0 Å². The monoisotopic (exact) mass is 301 g/mol. The molecule has 0 radical (unpaired) electrons. The normalized spacial score (nSPS) is 55.9.